The zero-order valence-corrected chi connectivity index (χ0v) is 18.6. The largest absolute Gasteiger partial charge is 0.390 e. The van der Waals surface area contributed by atoms with Crippen LogP contribution in [0.4, 0.5) is 0 Å². The Morgan fingerprint density at radius 1 is 1.19 bits per heavy atom. The predicted octanol–water partition coefficient (Wildman–Crippen LogP) is 2.69. The van der Waals surface area contributed by atoms with E-state index in [0.717, 1.165) is 50.1 Å². The normalized spacial score (nSPS) is 18.4. The Morgan fingerprint density at radius 2 is 1.97 bits per heavy atom. The molecular weight excluding hydrogens is 386 g/mol. The summed E-state index contributed by atoms with van der Waals surface area (Å²) in [5.74, 6) is 0.601. The van der Waals surface area contributed by atoms with Crippen molar-refractivity contribution in [1.82, 2.24) is 15.5 Å². The maximum atomic E-state index is 12.8. The number of aryl methyl sites for hydroxylation is 1. The van der Waals surface area contributed by atoms with Crippen LogP contribution in [0.25, 0.3) is 0 Å². The highest BCUT2D eigenvalue weighted by Gasteiger charge is 2.20. The number of nitrogens with one attached hydrogen (secondary N) is 2. The molecule has 0 saturated carbocycles. The highest BCUT2D eigenvalue weighted by Crippen LogP contribution is 2.21. The number of hydrogen-bond donors (Lipinski definition) is 3. The van der Waals surface area contributed by atoms with Crippen LogP contribution in [-0.2, 0) is 19.4 Å². The SMILES string of the molecule is Cc1ccc(CC2CCNCC2)cc1C(=O)NCC(O)CN1CCc2ccccc2C1. The molecule has 1 atom stereocenters. The first kappa shape index (κ1) is 22.0. The molecule has 3 N–H and O–H groups in total. The number of aliphatic hydroxyl groups is 1. The summed E-state index contributed by atoms with van der Waals surface area (Å²) in [5, 5.41) is 16.9. The van der Waals surface area contributed by atoms with Crippen LogP contribution in [0.5, 0.6) is 0 Å². The number of aliphatic hydroxyl groups excluding tert-OH is 1. The number of hydrogen-bond acceptors (Lipinski definition) is 4. The van der Waals surface area contributed by atoms with Crippen LogP contribution in [0, 0.1) is 12.8 Å². The molecule has 2 aliphatic heterocycles. The van der Waals surface area contributed by atoms with Crippen molar-refractivity contribution in [3.05, 3.63) is 70.3 Å². The second-order valence-electron chi connectivity index (χ2n) is 9.16. The quantitative estimate of drug-likeness (QED) is 0.643. The summed E-state index contributed by atoms with van der Waals surface area (Å²) in [6.45, 7) is 6.80. The van der Waals surface area contributed by atoms with E-state index in [1.807, 2.05) is 19.1 Å². The van der Waals surface area contributed by atoms with E-state index in [-0.39, 0.29) is 12.5 Å². The van der Waals surface area contributed by atoms with E-state index >= 15 is 0 Å². The van der Waals surface area contributed by atoms with Gasteiger partial charge in [-0.15, -0.1) is 0 Å². The third kappa shape index (κ3) is 5.94. The van der Waals surface area contributed by atoms with Gasteiger partial charge in [0.2, 0.25) is 0 Å². The van der Waals surface area contributed by atoms with Gasteiger partial charge < -0.3 is 15.7 Å². The molecule has 0 aliphatic carbocycles. The topological polar surface area (TPSA) is 64.6 Å². The van der Waals surface area contributed by atoms with Crippen molar-refractivity contribution in [1.29, 1.82) is 0 Å². The minimum Gasteiger partial charge on any atom is -0.390 e. The summed E-state index contributed by atoms with van der Waals surface area (Å²) < 4.78 is 0. The van der Waals surface area contributed by atoms with Crippen molar-refractivity contribution in [3.63, 3.8) is 0 Å². The molecule has 1 saturated heterocycles. The van der Waals surface area contributed by atoms with Gasteiger partial charge in [-0.1, -0.05) is 36.4 Å². The number of piperidine rings is 1. The number of fused-ring (bicyclic) bond motifs is 1. The Kier molecular flexibility index (Phi) is 7.38. The van der Waals surface area contributed by atoms with Crippen molar-refractivity contribution < 1.29 is 9.90 Å². The van der Waals surface area contributed by atoms with Gasteiger partial charge in [0.15, 0.2) is 0 Å². The Morgan fingerprint density at radius 3 is 2.77 bits per heavy atom. The molecule has 1 amide bonds. The molecule has 2 aromatic carbocycles. The zero-order valence-electron chi connectivity index (χ0n) is 18.6. The summed E-state index contributed by atoms with van der Waals surface area (Å²) in [4.78, 5) is 15.1. The molecule has 5 heteroatoms. The van der Waals surface area contributed by atoms with Crippen LogP contribution in [-0.4, -0.2) is 54.7 Å². The Hall–Kier alpha value is -2.21. The van der Waals surface area contributed by atoms with E-state index in [2.05, 4.69) is 45.9 Å². The van der Waals surface area contributed by atoms with Gasteiger partial charge in [-0.05, 0) is 79.9 Å². The fraction of sp³-hybridized carbons (Fsp3) is 0.500. The molecule has 5 nitrogen and oxygen atoms in total. The number of amides is 1. The number of benzene rings is 2. The highest BCUT2D eigenvalue weighted by atomic mass is 16.3. The Balaban J connectivity index is 1.28. The second kappa shape index (κ2) is 10.4. The molecule has 0 spiro atoms. The fourth-order valence-corrected chi connectivity index (χ4v) is 4.84. The Bertz CT molecular complexity index is 892. The third-order valence-electron chi connectivity index (χ3n) is 6.71. The minimum absolute atomic E-state index is 0.0901. The molecule has 0 aromatic heterocycles. The molecule has 31 heavy (non-hydrogen) atoms. The van der Waals surface area contributed by atoms with Gasteiger partial charge in [-0.3, -0.25) is 9.69 Å². The van der Waals surface area contributed by atoms with Crippen molar-refractivity contribution >= 4 is 5.91 Å². The molecule has 2 aromatic rings. The van der Waals surface area contributed by atoms with Crippen molar-refractivity contribution in [2.75, 3.05) is 32.7 Å². The first-order chi connectivity index (χ1) is 15.1. The predicted molar refractivity (Wildman–Crippen MR) is 124 cm³/mol. The molecule has 166 valence electrons. The molecule has 2 heterocycles. The molecule has 0 radical (unpaired) electrons. The maximum Gasteiger partial charge on any atom is 0.251 e. The molecule has 0 bridgehead atoms. The summed E-state index contributed by atoms with van der Waals surface area (Å²) in [6, 6.07) is 14.7. The van der Waals surface area contributed by atoms with Crippen molar-refractivity contribution in [2.24, 2.45) is 5.92 Å². The molecule has 1 unspecified atom stereocenters. The average Bonchev–Trinajstić information content (AvgIpc) is 2.79. The van der Waals surface area contributed by atoms with Crippen molar-refractivity contribution in [3.8, 4) is 0 Å². The minimum atomic E-state index is -0.576. The summed E-state index contributed by atoms with van der Waals surface area (Å²) in [5.41, 5.74) is 5.68. The van der Waals surface area contributed by atoms with Crippen LogP contribution in [0.3, 0.4) is 0 Å². The van der Waals surface area contributed by atoms with Gasteiger partial charge in [0, 0.05) is 31.7 Å². The Labute approximate surface area is 185 Å². The number of β-amino-alcohol motifs (C(OH)–C–C–N with tert-alkyl or cyclic N) is 1. The summed E-state index contributed by atoms with van der Waals surface area (Å²) >= 11 is 0. The van der Waals surface area contributed by atoms with Crippen LogP contribution in [0.1, 0.15) is 45.5 Å². The van der Waals surface area contributed by atoms with E-state index in [4.69, 9.17) is 0 Å². The lowest BCUT2D eigenvalue weighted by molar-refractivity contribution is 0.0841. The lowest BCUT2D eigenvalue weighted by atomic mass is 9.90. The lowest BCUT2D eigenvalue weighted by Crippen LogP contribution is -2.42. The third-order valence-corrected chi connectivity index (χ3v) is 6.71. The van der Waals surface area contributed by atoms with Crippen LogP contribution in [0.2, 0.25) is 0 Å². The summed E-state index contributed by atoms with van der Waals surface area (Å²) in [7, 11) is 0. The standard InChI is InChI=1S/C26H35N3O2/c1-19-6-7-21(14-20-8-11-27-12-9-20)15-25(19)26(31)28-16-24(30)18-29-13-10-22-4-2-3-5-23(22)17-29/h2-7,15,20,24,27,30H,8-14,16-18H2,1H3,(H,28,31). The van der Waals surface area contributed by atoms with Crippen LogP contribution in [0.15, 0.2) is 42.5 Å². The number of carbonyl (C=O) groups excluding carboxylic acids is 1. The van der Waals surface area contributed by atoms with Gasteiger partial charge in [0.05, 0.1) is 6.10 Å². The average molecular weight is 422 g/mol. The highest BCUT2D eigenvalue weighted by molar-refractivity contribution is 5.95. The van der Waals surface area contributed by atoms with E-state index in [0.29, 0.717) is 12.5 Å². The molecule has 1 fully saturated rings. The second-order valence-corrected chi connectivity index (χ2v) is 9.16. The number of rotatable bonds is 7. The lowest BCUT2D eigenvalue weighted by Gasteiger charge is -2.30. The van der Waals surface area contributed by atoms with E-state index < -0.39 is 6.10 Å². The molecule has 4 rings (SSSR count). The van der Waals surface area contributed by atoms with E-state index in [1.165, 1.54) is 29.5 Å². The molecule has 2 aliphatic rings. The summed E-state index contributed by atoms with van der Waals surface area (Å²) in [6.07, 6.45) is 3.86. The van der Waals surface area contributed by atoms with Crippen LogP contribution < -0.4 is 10.6 Å². The number of carbonyl (C=O) groups is 1. The molecular formula is C26H35N3O2. The van der Waals surface area contributed by atoms with E-state index in [9.17, 15) is 9.90 Å². The van der Waals surface area contributed by atoms with Gasteiger partial charge >= 0.3 is 0 Å². The monoisotopic (exact) mass is 421 g/mol. The fourth-order valence-electron chi connectivity index (χ4n) is 4.84. The number of nitrogens with zero attached hydrogens (tertiary/aromatic N) is 1. The maximum absolute atomic E-state index is 12.8. The van der Waals surface area contributed by atoms with Gasteiger partial charge in [-0.2, -0.15) is 0 Å². The van der Waals surface area contributed by atoms with Gasteiger partial charge in [0.1, 0.15) is 0 Å². The van der Waals surface area contributed by atoms with Gasteiger partial charge in [-0.25, -0.2) is 0 Å². The smallest absolute Gasteiger partial charge is 0.251 e. The van der Waals surface area contributed by atoms with E-state index in [1.54, 1.807) is 0 Å². The van der Waals surface area contributed by atoms with Crippen molar-refractivity contribution in [2.45, 2.75) is 45.3 Å². The zero-order chi connectivity index (χ0) is 21.6. The van der Waals surface area contributed by atoms with Crippen LogP contribution >= 0.6 is 0 Å². The van der Waals surface area contributed by atoms with Gasteiger partial charge in [0.25, 0.3) is 5.91 Å². The first-order valence-corrected chi connectivity index (χ1v) is 11.6. The first-order valence-electron chi connectivity index (χ1n) is 11.6.